The second-order valence-corrected chi connectivity index (χ2v) is 5.59. The molecule has 2 N–H and O–H groups in total. The predicted molar refractivity (Wildman–Crippen MR) is 72.8 cm³/mol. The van der Waals surface area contributed by atoms with Crippen molar-refractivity contribution in [2.75, 3.05) is 13.1 Å². The Hall–Kier alpha value is -0.490. The molecule has 1 amide bonds. The minimum atomic E-state index is -4.14. The average Bonchev–Trinajstić information content (AvgIpc) is 2.89. The maximum absolute atomic E-state index is 12.9. The molecule has 1 aliphatic heterocycles. The molecule has 1 aliphatic carbocycles. The lowest BCUT2D eigenvalue weighted by Crippen LogP contribution is -2.45. The molecule has 2 fully saturated rings. The monoisotopic (exact) mass is 314 g/mol. The molecular weight excluding hydrogens is 293 g/mol. The van der Waals surface area contributed by atoms with Gasteiger partial charge in [0.05, 0.1) is 12.0 Å². The molecule has 1 saturated carbocycles. The maximum Gasteiger partial charge on any atom is 0.392 e. The number of nitrogens with one attached hydrogen (secondary N) is 2. The summed E-state index contributed by atoms with van der Waals surface area (Å²) in [4.78, 5) is 11.8. The van der Waals surface area contributed by atoms with Crippen molar-refractivity contribution in [3.63, 3.8) is 0 Å². The van der Waals surface area contributed by atoms with Gasteiger partial charge in [0.25, 0.3) is 0 Å². The smallest absolute Gasteiger partial charge is 0.354 e. The van der Waals surface area contributed by atoms with Crippen LogP contribution in [0.3, 0.4) is 0 Å². The van der Waals surface area contributed by atoms with Crippen molar-refractivity contribution in [3.8, 4) is 0 Å². The number of carbonyl (C=O) groups excluding carboxylic acids is 1. The first-order chi connectivity index (χ1) is 8.98. The van der Waals surface area contributed by atoms with Crippen LogP contribution < -0.4 is 10.6 Å². The van der Waals surface area contributed by atoms with Gasteiger partial charge in [-0.25, -0.2) is 0 Å². The topological polar surface area (TPSA) is 41.1 Å². The van der Waals surface area contributed by atoms with Crippen LogP contribution in [0.1, 0.15) is 38.5 Å². The highest BCUT2D eigenvalue weighted by molar-refractivity contribution is 5.85. The first kappa shape index (κ1) is 17.6. The average molecular weight is 315 g/mol. The van der Waals surface area contributed by atoms with Gasteiger partial charge in [-0.15, -0.1) is 12.4 Å². The number of rotatable bonds is 3. The summed E-state index contributed by atoms with van der Waals surface area (Å²) in [6, 6.07) is -0.215. The van der Waals surface area contributed by atoms with E-state index in [0.29, 0.717) is 12.8 Å². The molecule has 3 nitrogen and oxygen atoms in total. The van der Waals surface area contributed by atoms with Gasteiger partial charge < -0.3 is 10.6 Å². The van der Waals surface area contributed by atoms with E-state index in [-0.39, 0.29) is 37.3 Å². The van der Waals surface area contributed by atoms with E-state index in [0.717, 1.165) is 25.8 Å². The van der Waals surface area contributed by atoms with Crippen molar-refractivity contribution < 1.29 is 18.0 Å². The summed E-state index contributed by atoms with van der Waals surface area (Å²) >= 11 is 0. The van der Waals surface area contributed by atoms with Crippen LogP contribution in [0.5, 0.6) is 0 Å². The van der Waals surface area contributed by atoms with E-state index in [9.17, 15) is 18.0 Å². The molecule has 2 aliphatic rings. The van der Waals surface area contributed by atoms with E-state index >= 15 is 0 Å². The molecule has 1 heterocycles. The molecule has 118 valence electrons. The van der Waals surface area contributed by atoms with Gasteiger partial charge in [-0.3, -0.25) is 4.79 Å². The van der Waals surface area contributed by atoms with Gasteiger partial charge in [0.15, 0.2) is 0 Å². The highest BCUT2D eigenvalue weighted by atomic mass is 35.5. The molecule has 0 bridgehead atoms. The molecule has 0 aromatic heterocycles. The quantitative estimate of drug-likeness (QED) is 0.841. The number of amides is 1. The van der Waals surface area contributed by atoms with E-state index in [1.165, 1.54) is 0 Å². The summed E-state index contributed by atoms with van der Waals surface area (Å²) in [5, 5.41) is 5.75. The number of alkyl halides is 3. The fourth-order valence-corrected chi connectivity index (χ4v) is 3.15. The summed E-state index contributed by atoms with van der Waals surface area (Å²) < 4.78 is 38.7. The Morgan fingerprint density at radius 1 is 1.15 bits per heavy atom. The number of carbonyl (C=O) groups is 1. The molecular formula is C13H22ClF3N2O. The Morgan fingerprint density at radius 3 is 2.45 bits per heavy atom. The highest BCUT2D eigenvalue weighted by Gasteiger charge is 2.45. The summed E-state index contributed by atoms with van der Waals surface area (Å²) in [5.74, 6) is -1.86. The van der Waals surface area contributed by atoms with Gasteiger partial charge in [0, 0.05) is 6.54 Å². The third-order valence-electron chi connectivity index (χ3n) is 4.24. The van der Waals surface area contributed by atoms with Crippen LogP contribution in [0, 0.1) is 11.8 Å². The van der Waals surface area contributed by atoms with E-state index in [1.807, 2.05) is 0 Å². The fourth-order valence-electron chi connectivity index (χ4n) is 3.15. The first-order valence-corrected chi connectivity index (χ1v) is 7.06. The molecule has 0 aromatic carbocycles. The zero-order valence-corrected chi connectivity index (χ0v) is 12.2. The van der Waals surface area contributed by atoms with Crippen LogP contribution in [-0.2, 0) is 4.79 Å². The van der Waals surface area contributed by atoms with Gasteiger partial charge in [0.1, 0.15) is 0 Å². The summed E-state index contributed by atoms with van der Waals surface area (Å²) in [7, 11) is 0. The summed E-state index contributed by atoms with van der Waals surface area (Å²) in [5.41, 5.74) is 0. The highest BCUT2D eigenvalue weighted by Crippen LogP contribution is 2.41. The Labute approximate surface area is 123 Å². The fraction of sp³-hybridized carbons (Fsp3) is 0.923. The second-order valence-electron chi connectivity index (χ2n) is 5.59. The molecule has 3 atom stereocenters. The Balaban J connectivity index is 0.00000200. The van der Waals surface area contributed by atoms with Gasteiger partial charge in [-0.1, -0.05) is 12.8 Å². The van der Waals surface area contributed by atoms with Crippen molar-refractivity contribution in [2.45, 2.75) is 50.7 Å². The van der Waals surface area contributed by atoms with E-state index < -0.39 is 18.0 Å². The zero-order chi connectivity index (χ0) is 13.9. The molecule has 1 saturated heterocycles. The molecule has 0 spiro atoms. The van der Waals surface area contributed by atoms with Crippen LogP contribution in [0.25, 0.3) is 0 Å². The third-order valence-corrected chi connectivity index (χ3v) is 4.24. The van der Waals surface area contributed by atoms with E-state index in [1.54, 1.807) is 0 Å². The van der Waals surface area contributed by atoms with Crippen molar-refractivity contribution in [2.24, 2.45) is 11.8 Å². The molecule has 2 rings (SSSR count). The predicted octanol–water partition coefficient (Wildman–Crippen LogP) is 2.65. The number of hydrogen-bond donors (Lipinski definition) is 2. The van der Waals surface area contributed by atoms with E-state index in [2.05, 4.69) is 10.6 Å². The second kappa shape index (κ2) is 7.50. The molecule has 20 heavy (non-hydrogen) atoms. The Morgan fingerprint density at radius 2 is 1.85 bits per heavy atom. The van der Waals surface area contributed by atoms with Crippen molar-refractivity contribution in [3.05, 3.63) is 0 Å². The molecule has 7 heteroatoms. The minimum absolute atomic E-state index is 0. The Kier molecular flexibility index (Phi) is 6.58. The van der Waals surface area contributed by atoms with Crippen molar-refractivity contribution in [1.82, 2.24) is 10.6 Å². The third kappa shape index (κ3) is 4.52. The lowest BCUT2D eigenvalue weighted by Gasteiger charge is -2.33. The van der Waals surface area contributed by atoms with Crippen molar-refractivity contribution in [1.29, 1.82) is 0 Å². The van der Waals surface area contributed by atoms with E-state index in [4.69, 9.17) is 0 Å². The van der Waals surface area contributed by atoms with Crippen LogP contribution in [-0.4, -0.2) is 31.2 Å². The molecule has 0 radical (unpaired) electrons. The van der Waals surface area contributed by atoms with Crippen molar-refractivity contribution >= 4 is 18.3 Å². The summed E-state index contributed by atoms with van der Waals surface area (Å²) in [6.45, 7) is 0.966. The summed E-state index contributed by atoms with van der Waals surface area (Å²) in [6.07, 6.45) is -0.185. The van der Waals surface area contributed by atoms with Gasteiger partial charge >= 0.3 is 6.18 Å². The number of hydrogen-bond acceptors (Lipinski definition) is 2. The van der Waals surface area contributed by atoms with Gasteiger partial charge in [-0.2, -0.15) is 13.2 Å². The zero-order valence-electron chi connectivity index (χ0n) is 11.3. The maximum atomic E-state index is 12.9. The number of halogens is 4. The van der Waals surface area contributed by atoms with Crippen LogP contribution in [0.2, 0.25) is 0 Å². The SMILES string of the molecule is Cl.O=C(NCC1CCCCC1C(F)(F)F)C1CCCN1. The molecule has 3 unspecified atom stereocenters. The lowest BCUT2D eigenvalue weighted by molar-refractivity contribution is -0.195. The van der Waals surface area contributed by atoms with Gasteiger partial charge in [-0.05, 0) is 38.1 Å². The lowest BCUT2D eigenvalue weighted by atomic mass is 9.78. The van der Waals surface area contributed by atoms with Crippen LogP contribution in [0.4, 0.5) is 13.2 Å². The normalized spacial score (nSPS) is 30.6. The van der Waals surface area contributed by atoms with Gasteiger partial charge in [0.2, 0.25) is 5.91 Å². The standard InChI is InChI=1S/C13H21F3N2O.ClH/c14-13(15,16)10-5-2-1-4-9(10)8-18-12(19)11-6-3-7-17-11;/h9-11,17H,1-8H2,(H,18,19);1H. The minimum Gasteiger partial charge on any atom is -0.354 e. The van der Waals surface area contributed by atoms with Crippen LogP contribution in [0.15, 0.2) is 0 Å². The largest absolute Gasteiger partial charge is 0.392 e. The van der Waals surface area contributed by atoms with Crippen LogP contribution >= 0.6 is 12.4 Å². The first-order valence-electron chi connectivity index (χ1n) is 7.06. The molecule has 0 aromatic rings. The Bertz CT molecular complexity index is 319.